The Balaban J connectivity index is 2.10. The fourth-order valence-corrected chi connectivity index (χ4v) is 4.93. The lowest BCUT2D eigenvalue weighted by Crippen LogP contribution is -2.35. The van der Waals surface area contributed by atoms with Crippen LogP contribution in [0.25, 0.3) is 0 Å². The summed E-state index contributed by atoms with van der Waals surface area (Å²) in [5.41, 5.74) is 0.688. The molecule has 1 aromatic rings. The standard InChI is InChI=1S/C15H22ClNO2S2/c1-20-12-6-3-5-11(9-12)17-10-13-14(16)7-4-8-15(13)21(2,18)19/h4,7-8,11-12,17H,3,5-6,9-10H2,1-2H3. The second kappa shape index (κ2) is 7.36. The first kappa shape index (κ1) is 17.1. The number of rotatable bonds is 5. The predicted molar refractivity (Wildman–Crippen MR) is 91.0 cm³/mol. The van der Waals surface area contributed by atoms with Gasteiger partial charge < -0.3 is 5.32 Å². The maximum Gasteiger partial charge on any atom is 0.175 e. The Morgan fingerprint density at radius 1 is 1.38 bits per heavy atom. The van der Waals surface area contributed by atoms with Crippen LogP contribution >= 0.6 is 23.4 Å². The molecule has 1 aromatic carbocycles. The van der Waals surface area contributed by atoms with E-state index < -0.39 is 9.84 Å². The van der Waals surface area contributed by atoms with Crippen LogP contribution < -0.4 is 5.32 Å². The molecule has 0 amide bonds. The lowest BCUT2D eigenvalue weighted by molar-refractivity contribution is 0.379. The number of sulfone groups is 1. The number of hydrogen-bond donors (Lipinski definition) is 1. The highest BCUT2D eigenvalue weighted by molar-refractivity contribution is 7.99. The Kier molecular flexibility index (Phi) is 6.00. The normalized spacial score (nSPS) is 23.2. The van der Waals surface area contributed by atoms with E-state index in [0.29, 0.717) is 33.3 Å². The number of hydrogen-bond acceptors (Lipinski definition) is 4. The van der Waals surface area contributed by atoms with E-state index in [2.05, 4.69) is 11.6 Å². The fourth-order valence-electron chi connectivity index (χ4n) is 2.85. The Morgan fingerprint density at radius 2 is 2.14 bits per heavy atom. The average molecular weight is 348 g/mol. The van der Waals surface area contributed by atoms with Crippen molar-refractivity contribution in [3.8, 4) is 0 Å². The number of thioether (sulfide) groups is 1. The van der Waals surface area contributed by atoms with Crippen LogP contribution in [0.2, 0.25) is 5.02 Å². The quantitative estimate of drug-likeness (QED) is 0.885. The third-order valence-electron chi connectivity index (χ3n) is 4.00. The van der Waals surface area contributed by atoms with Crippen molar-refractivity contribution >= 4 is 33.2 Å². The Hall–Kier alpha value is -0.230. The maximum atomic E-state index is 11.9. The van der Waals surface area contributed by atoms with Gasteiger partial charge in [-0.25, -0.2) is 8.42 Å². The monoisotopic (exact) mass is 347 g/mol. The number of benzene rings is 1. The van der Waals surface area contributed by atoms with Crippen molar-refractivity contribution in [3.05, 3.63) is 28.8 Å². The molecular formula is C15H22ClNO2S2. The van der Waals surface area contributed by atoms with Gasteiger partial charge in [0.25, 0.3) is 0 Å². The Bertz CT molecular complexity index is 589. The molecule has 0 bridgehead atoms. The highest BCUT2D eigenvalue weighted by atomic mass is 35.5. The van der Waals surface area contributed by atoms with E-state index in [0.717, 1.165) is 12.8 Å². The van der Waals surface area contributed by atoms with E-state index in [-0.39, 0.29) is 0 Å². The molecule has 21 heavy (non-hydrogen) atoms. The summed E-state index contributed by atoms with van der Waals surface area (Å²) >= 11 is 8.12. The molecule has 118 valence electrons. The number of halogens is 1. The molecule has 0 saturated heterocycles. The summed E-state index contributed by atoms with van der Waals surface area (Å²) in [7, 11) is -3.25. The molecule has 2 atom stereocenters. The third kappa shape index (κ3) is 4.62. The van der Waals surface area contributed by atoms with Crippen molar-refractivity contribution in [2.24, 2.45) is 0 Å². The van der Waals surface area contributed by atoms with Crippen molar-refractivity contribution in [2.75, 3.05) is 12.5 Å². The molecular weight excluding hydrogens is 326 g/mol. The van der Waals surface area contributed by atoms with Gasteiger partial charge in [0.1, 0.15) is 0 Å². The van der Waals surface area contributed by atoms with Gasteiger partial charge in [0.2, 0.25) is 0 Å². The zero-order valence-electron chi connectivity index (χ0n) is 12.4. The van der Waals surface area contributed by atoms with E-state index in [9.17, 15) is 8.42 Å². The zero-order valence-corrected chi connectivity index (χ0v) is 14.8. The van der Waals surface area contributed by atoms with Gasteiger partial charge in [0.05, 0.1) is 4.90 Å². The highest BCUT2D eigenvalue weighted by Gasteiger charge is 2.22. The van der Waals surface area contributed by atoms with Crippen LogP contribution in [0.5, 0.6) is 0 Å². The van der Waals surface area contributed by atoms with E-state index in [1.807, 2.05) is 11.8 Å². The first-order chi connectivity index (χ1) is 9.91. The van der Waals surface area contributed by atoms with E-state index >= 15 is 0 Å². The van der Waals surface area contributed by atoms with Crippen molar-refractivity contribution in [1.29, 1.82) is 0 Å². The molecule has 1 N–H and O–H groups in total. The van der Waals surface area contributed by atoms with Gasteiger partial charge in [-0.05, 0) is 37.7 Å². The fraction of sp³-hybridized carbons (Fsp3) is 0.600. The van der Waals surface area contributed by atoms with Gasteiger partial charge in [0, 0.05) is 34.7 Å². The van der Waals surface area contributed by atoms with E-state index in [1.54, 1.807) is 18.2 Å². The molecule has 1 fully saturated rings. The van der Waals surface area contributed by atoms with Gasteiger partial charge >= 0.3 is 0 Å². The van der Waals surface area contributed by atoms with Gasteiger partial charge in [-0.3, -0.25) is 0 Å². The van der Waals surface area contributed by atoms with E-state index in [1.165, 1.54) is 19.1 Å². The molecule has 2 unspecified atom stereocenters. The molecule has 3 nitrogen and oxygen atoms in total. The zero-order chi connectivity index (χ0) is 15.5. The first-order valence-electron chi connectivity index (χ1n) is 7.15. The minimum Gasteiger partial charge on any atom is -0.310 e. The average Bonchev–Trinajstić information content (AvgIpc) is 2.45. The lowest BCUT2D eigenvalue weighted by atomic mass is 9.95. The minimum absolute atomic E-state index is 0.333. The lowest BCUT2D eigenvalue weighted by Gasteiger charge is -2.29. The largest absolute Gasteiger partial charge is 0.310 e. The van der Waals surface area contributed by atoms with Crippen LogP contribution in [0.15, 0.2) is 23.1 Å². The first-order valence-corrected chi connectivity index (χ1v) is 10.7. The molecule has 2 rings (SSSR count). The molecule has 1 aliphatic rings. The molecule has 0 aliphatic heterocycles. The summed E-state index contributed by atoms with van der Waals surface area (Å²) < 4.78 is 23.7. The second-order valence-corrected chi connectivity index (χ2v) is 9.12. The molecule has 1 aliphatic carbocycles. The smallest absolute Gasteiger partial charge is 0.175 e. The van der Waals surface area contributed by atoms with Crippen LogP contribution in [-0.4, -0.2) is 32.2 Å². The van der Waals surface area contributed by atoms with Crippen LogP contribution in [0.4, 0.5) is 0 Å². The molecule has 0 spiro atoms. The Labute approximate surface area is 136 Å². The summed E-state index contributed by atoms with van der Waals surface area (Å²) in [6, 6.07) is 5.51. The van der Waals surface area contributed by atoms with Gasteiger partial charge in [-0.2, -0.15) is 11.8 Å². The summed E-state index contributed by atoms with van der Waals surface area (Å²) in [6.45, 7) is 0.508. The second-order valence-electron chi connectivity index (χ2n) is 5.59. The topological polar surface area (TPSA) is 46.2 Å². The predicted octanol–water partition coefficient (Wildman–Crippen LogP) is 3.51. The van der Waals surface area contributed by atoms with Gasteiger partial charge in [0.15, 0.2) is 9.84 Å². The number of nitrogens with one attached hydrogen (secondary N) is 1. The van der Waals surface area contributed by atoms with Crippen LogP contribution in [0.1, 0.15) is 31.2 Å². The van der Waals surface area contributed by atoms with Crippen LogP contribution in [0, 0.1) is 0 Å². The van der Waals surface area contributed by atoms with Crippen LogP contribution in [-0.2, 0) is 16.4 Å². The van der Waals surface area contributed by atoms with Crippen molar-refractivity contribution in [3.63, 3.8) is 0 Å². The molecule has 0 radical (unpaired) electrons. The van der Waals surface area contributed by atoms with Crippen molar-refractivity contribution < 1.29 is 8.42 Å². The van der Waals surface area contributed by atoms with Crippen molar-refractivity contribution in [1.82, 2.24) is 5.32 Å². The van der Waals surface area contributed by atoms with Gasteiger partial charge in [-0.15, -0.1) is 0 Å². The Morgan fingerprint density at radius 3 is 2.81 bits per heavy atom. The minimum atomic E-state index is -3.25. The molecule has 0 heterocycles. The van der Waals surface area contributed by atoms with Crippen molar-refractivity contribution in [2.45, 2.75) is 48.4 Å². The maximum absolute atomic E-state index is 11.9. The summed E-state index contributed by atoms with van der Waals surface area (Å²) in [6.07, 6.45) is 8.18. The highest BCUT2D eigenvalue weighted by Crippen LogP contribution is 2.28. The molecule has 1 saturated carbocycles. The summed E-state index contributed by atoms with van der Waals surface area (Å²) in [5.74, 6) is 0. The molecule has 6 heteroatoms. The third-order valence-corrected chi connectivity index (χ3v) is 6.63. The SMILES string of the molecule is CSC1CCCC(NCc2c(Cl)cccc2S(C)(=O)=O)C1. The molecule has 0 aromatic heterocycles. The summed E-state index contributed by atoms with van der Waals surface area (Å²) in [5, 5.41) is 4.72. The summed E-state index contributed by atoms with van der Waals surface area (Å²) in [4.78, 5) is 0.333. The van der Waals surface area contributed by atoms with Gasteiger partial charge in [-0.1, -0.05) is 24.1 Å². The van der Waals surface area contributed by atoms with Crippen LogP contribution in [0.3, 0.4) is 0 Å². The van der Waals surface area contributed by atoms with E-state index in [4.69, 9.17) is 11.6 Å².